The van der Waals surface area contributed by atoms with Crippen LogP contribution < -0.4 is 0 Å². The third-order valence-corrected chi connectivity index (χ3v) is 2.78. The van der Waals surface area contributed by atoms with Gasteiger partial charge in [0.15, 0.2) is 0 Å². The summed E-state index contributed by atoms with van der Waals surface area (Å²) in [6.45, 7) is 7.29. The molecule has 1 atom stereocenters. The fourth-order valence-corrected chi connectivity index (χ4v) is 1.52. The first-order valence-electron chi connectivity index (χ1n) is 4.49. The van der Waals surface area contributed by atoms with Crippen LogP contribution in [0.5, 0.6) is 0 Å². The summed E-state index contributed by atoms with van der Waals surface area (Å²) in [5, 5.41) is 11.1. The van der Waals surface area contributed by atoms with Gasteiger partial charge in [-0.2, -0.15) is 5.06 Å². The molecule has 1 rings (SSSR count). The zero-order chi connectivity index (χ0) is 8.48. The molecule has 1 unspecified atom stereocenters. The minimum absolute atomic E-state index is 0.00917. The Bertz CT molecular complexity index is 134. The van der Waals surface area contributed by atoms with Gasteiger partial charge in [0.05, 0.1) is 0 Å². The van der Waals surface area contributed by atoms with Gasteiger partial charge < -0.3 is 5.21 Å². The standard InChI is InChI=1S/C9H19NO/c1-8-4-6-9(2,3)10(11)7-5-8/h8,11H,4-7H2,1-3H3. The molecular formula is C9H19NO. The van der Waals surface area contributed by atoms with Gasteiger partial charge in [-0.1, -0.05) is 6.92 Å². The van der Waals surface area contributed by atoms with Gasteiger partial charge in [0, 0.05) is 12.1 Å². The van der Waals surface area contributed by atoms with Gasteiger partial charge in [-0.15, -0.1) is 0 Å². The predicted molar refractivity (Wildman–Crippen MR) is 45.6 cm³/mol. The van der Waals surface area contributed by atoms with Crippen molar-refractivity contribution in [1.82, 2.24) is 5.06 Å². The summed E-state index contributed by atoms with van der Waals surface area (Å²) < 4.78 is 0. The largest absolute Gasteiger partial charge is 0.313 e. The Balaban J connectivity index is 2.56. The fourth-order valence-electron chi connectivity index (χ4n) is 1.52. The Morgan fingerprint density at radius 3 is 2.64 bits per heavy atom. The van der Waals surface area contributed by atoms with Crippen molar-refractivity contribution in [2.45, 2.75) is 45.6 Å². The lowest BCUT2D eigenvalue weighted by Gasteiger charge is -2.31. The summed E-state index contributed by atoms with van der Waals surface area (Å²) in [5.41, 5.74) is -0.00917. The molecule has 0 bridgehead atoms. The zero-order valence-corrected chi connectivity index (χ0v) is 7.80. The molecule has 0 aliphatic carbocycles. The van der Waals surface area contributed by atoms with Crippen LogP contribution in [0.1, 0.15) is 40.0 Å². The molecule has 2 heteroatoms. The van der Waals surface area contributed by atoms with Gasteiger partial charge in [-0.3, -0.25) is 0 Å². The van der Waals surface area contributed by atoms with E-state index in [9.17, 15) is 5.21 Å². The Morgan fingerprint density at radius 1 is 1.36 bits per heavy atom. The third kappa shape index (κ3) is 2.17. The van der Waals surface area contributed by atoms with Crippen molar-refractivity contribution in [3.63, 3.8) is 0 Å². The number of rotatable bonds is 0. The van der Waals surface area contributed by atoms with Crippen molar-refractivity contribution < 1.29 is 5.21 Å². The quantitative estimate of drug-likeness (QED) is 0.583. The summed E-state index contributed by atoms with van der Waals surface area (Å²) in [6.07, 6.45) is 3.47. The number of hydrogen-bond acceptors (Lipinski definition) is 2. The van der Waals surface area contributed by atoms with Gasteiger partial charge in [0.1, 0.15) is 0 Å². The van der Waals surface area contributed by atoms with E-state index in [1.165, 1.54) is 11.5 Å². The molecule has 0 spiro atoms. The first kappa shape index (κ1) is 9.01. The molecule has 1 saturated heterocycles. The summed E-state index contributed by atoms with van der Waals surface area (Å²) >= 11 is 0. The SMILES string of the molecule is CC1CCN(O)C(C)(C)CC1. The van der Waals surface area contributed by atoms with Crippen molar-refractivity contribution in [2.75, 3.05) is 6.54 Å². The third-order valence-electron chi connectivity index (χ3n) is 2.78. The van der Waals surface area contributed by atoms with Crippen LogP contribution in [0.25, 0.3) is 0 Å². The highest BCUT2D eigenvalue weighted by atomic mass is 16.5. The van der Waals surface area contributed by atoms with Gasteiger partial charge in [-0.25, -0.2) is 0 Å². The first-order chi connectivity index (χ1) is 5.02. The molecule has 1 N–H and O–H groups in total. The molecule has 0 aromatic rings. The zero-order valence-electron chi connectivity index (χ0n) is 7.80. The van der Waals surface area contributed by atoms with Crippen LogP contribution in [-0.4, -0.2) is 22.4 Å². The fraction of sp³-hybridized carbons (Fsp3) is 1.00. The number of hydroxylamine groups is 2. The van der Waals surface area contributed by atoms with Crippen molar-refractivity contribution in [3.8, 4) is 0 Å². The summed E-state index contributed by atoms with van der Waals surface area (Å²) in [7, 11) is 0. The Hall–Kier alpha value is -0.0800. The highest BCUT2D eigenvalue weighted by Gasteiger charge is 2.28. The molecule has 2 nitrogen and oxygen atoms in total. The number of nitrogens with zero attached hydrogens (tertiary/aromatic N) is 1. The highest BCUT2D eigenvalue weighted by molar-refractivity contribution is 4.80. The van der Waals surface area contributed by atoms with Crippen LogP contribution in [0.15, 0.2) is 0 Å². The maximum Gasteiger partial charge on any atom is 0.0404 e. The van der Waals surface area contributed by atoms with Crippen LogP contribution in [0.3, 0.4) is 0 Å². The van der Waals surface area contributed by atoms with Crippen LogP contribution in [0, 0.1) is 5.92 Å². The van der Waals surface area contributed by atoms with Gasteiger partial charge >= 0.3 is 0 Å². The Morgan fingerprint density at radius 2 is 2.00 bits per heavy atom. The second-order valence-electron chi connectivity index (χ2n) is 4.37. The smallest absolute Gasteiger partial charge is 0.0404 e. The lowest BCUT2D eigenvalue weighted by molar-refractivity contribution is -0.159. The van der Waals surface area contributed by atoms with E-state index in [1.54, 1.807) is 0 Å². The topological polar surface area (TPSA) is 23.5 Å². The molecule has 1 fully saturated rings. The van der Waals surface area contributed by atoms with Crippen LogP contribution >= 0.6 is 0 Å². The lowest BCUT2D eigenvalue weighted by atomic mass is 9.95. The van der Waals surface area contributed by atoms with Gasteiger partial charge in [0.25, 0.3) is 0 Å². The van der Waals surface area contributed by atoms with Crippen molar-refractivity contribution in [1.29, 1.82) is 0 Å². The van der Waals surface area contributed by atoms with E-state index in [4.69, 9.17) is 0 Å². The molecule has 0 aromatic carbocycles. The van der Waals surface area contributed by atoms with Gasteiger partial charge in [-0.05, 0) is 39.0 Å². The maximum absolute atomic E-state index is 9.57. The van der Waals surface area contributed by atoms with Crippen LogP contribution in [0.2, 0.25) is 0 Å². The second-order valence-corrected chi connectivity index (χ2v) is 4.37. The first-order valence-corrected chi connectivity index (χ1v) is 4.49. The van der Waals surface area contributed by atoms with E-state index in [2.05, 4.69) is 20.8 Å². The molecule has 0 saturated carbocycles. The number of hydrogen-bond donors (Lipinski definition) is 1. The predicted octanol–water partition coefficient (Wildman–Crippen LogP) is 2.28. The Labute approximate surface area is 69.2 Å². The monoisotopic (exact) mass is 157 g/mol. The maximum atomic E-state index is 9.57. The molecule has 0 aromatic heterocycles. The second kappa shape index (κ2) is 3.11. The van der Waals surface area contributed by atoms with Crippen molar-refractivity contribution in [2.24, 2.45) is 5.92 Å². The lowest BCUT2D eigenvalue weighted by Crippen LogP contribution is -2.40. The Kier molecular flexibility index (Phi) is 2.55. The molecule has 0 amide bonds. The molecule has 66 valence electrons. The normalized spacial score (nSPS) is 33.3. The minimum atomic E-state index is -0.00917. The summed E-state index contributed by atoms with van der Waals surface area (Å²) in [6, 6.07) is 0. The summed E-state index contributed by atoms with van der Waals surface area (Å²) in [4.78, 5) is 0. The molecule has 0 radical (unpaired) electrons. The minimum Gasteiger partial charge on any atom is -0.313 e. The summed E-state index contributed by atoms with van der Waals surface area (Å²) in [5.74, 6) is 0.770. The van der Waals surface area contributed by atoms with E-state index in [0.29, 0.717) is 0 Å². The molecular weight excluding hydrogens is 138 g/mol. The van der Waals surface area contributed by atoms with Crippen LogP contribution in [-0.2, 0) is 0 Å². The molecule has 1 aliphatic rings. The van der Waals surface area contributed by atoms with Gasteiger partial charge in [0.2, 0.25) is 0 Å². The van der Waals surface area contributed by atoms with E-state index in [0.717, 1.165) is 25.3 Å². The molecule has 11 heavy (non-hydrogen) atoms. The average Bonchev–Trinajstić information content (AvgIpc) is 2.03. The van der Waals surface area contributed by atoms with Crippen LogP contribution in [0.4, 0.5) is 0 Å². The van der Waals surface area contributed by atoms with Crippen molar-refractivity contribution >= 4 is 0 Å². The van der Waals surface area contributed by atoms with E-state index in [-0.39, 0.29) is 5.54 Å². The highest BCUT2D eigenvalue weighted by Crippen LogP contribution is 2.27. The van der Waals surface area contributed by atoms with Crippen molar-refractivity contribution in [3.05, 3.63) is 0 Å². The average molecular weight is 157 g/mol. The van der Waals surface area contributed by atoms with E-state index in [1.807, 2.05) is 0 Å². The molecule has 1 heterocycles. The van der Waals surface area contributed by atoms with E-state index < -0.39 is 0 Å². The molecule has 1 aliphatic heterocycles. The van der Waals surface area contributed by atoms with E-state index >= 15 is 0 Å².